The minimum Gasteiger partial charge on any atom is -0.461 e. The van der Waals surface area contributed by atoms with Gasteiger partial charge in [-0.15, -0.1) is 5.10 Å². The number of hydrogen-bond donors (Lipinski definition) is 1. The molecule has 5 unspecified atom stereocenters. The molecule has 1 saturated heterocycles. The number of hydrogen-bond acceptors (Lipinski definition) is 9. The summed E-state index contributed by atoms with van der Waals surface area (Å²) in [5.41, 5.74) is 2.02. The maximum atomic E-state index is 14.4. The Kier molecular flexibility index (Phi) is 9.63. The molecule has 5 atom stereocenters. The molecular formula is C25H39FN6O4. The molecular weight excluding hydrogens is 467 g/mol. The Bertz CT molecular complexity index is 989. The highest BCUT2D eigenvalue weighted by molar-refractivity contribution is 5.56. The van der Waals surface area contributed by atoms with Gasteiger partial charge in [-0.3, -0.25) is 4.79 Å². The second kappa shape index (κ2) is 12.5. The second-order valence-corrected chi connectivity index (χ2v) is 9.93. The molecule has 1 aliphatic heterocycles. The van der Waals surface area contributed by atoms with E-state index in [0.29, 0.717) is 37.4 Å². The minimum atomic E-state index is -0.752. The number of anilines is 2. The molecule has 0 amide bonds. The molecule has 10 nitrogen and oxygen atoms in total. The summed E-state index contributed by atoms with van der Waals surface area (Å²) in [7, 11) is 7.45. The van der Waals surface area contributed by atoms with Gasteiger partial charge in [-0.1, -0.05) is 12.1 Å². The van der Waals surface area contributed by atoms with Crippen molar-refractivity contribution in [1.29, 1.82) is 0 Å². The van der Waals surface area contributed by atoms with E-state index in [9.17, 15) is 14.3 Å². The van der Waals surface area contributed by atoms with Gasteiger partial charge in [0.15, 0.2) is 6.29 Å². The van der Waals surface area contributed by atoms with Crippen LogP contribution in [0.1, 0.15) is 26.0 Å². The van der Waals surface area contributed by atoms with Crippen LogP contribution in [0.3, 0.4) is 0 Å². The van der Waals surface area contributed by atoms with Crippen LogP contribution in [0.5, 0.6) is 0 Å². The van der Waals surface area contributed by atoms with Gasteiger partial charge in [0.05, 0.1) is 30.6 Å². The van der Waals surface area contributed by atoms with Crippen LogP contribution in [-0.2, 0) is 27.2 Å². The first-order valence-corrected chi connectivity index (χ1v) is 12.3. The first-order valence-electron chi connectivity index (χ1n) is 12.3. The molecule has 1 fully saturated rings. The maximum Gasteiger partial charge on any atom is 0.293 e. The van der Waals surface area contributed by atoms with Gasteiger partial charge in [-0.25, -0.2) is 9.07 Å². The van der Waals surface area contributed by atoms with E-state index >= 15 is 0 Å². The van der Waals surface area contributed by atoms with Crippen molar-refractivity contribution in [2.75, 3.05) is 51.1 Å². The number of carbonyl (C=O) groups excluding carboxylic acids is 1. The molecule has 0 saturated carbocycles. The number of likely N-dealkylation sites (N-methyl/N-ethyl adjacent to an activating group) is 2. The summed E-state index contributed by atoms with van der Waals surface area (Å²) >= 11 is 0. The van der Waals surface area contributed by atoms with E-state index in [2.05, 4.69) is 15.2 Å². The third kappa shape index (κ3) is 7.14. The van der Waals surface area contributed by atoms with Crippen LogP contribution in [0.4, 0.5) is 15.8 Å². The van der Waals surface area contributed by atoms with Gasteiger partial charge < -0.3 is 29.3 Å². The summed E-state index contributed by atoms with van der Waals surface area (Å²) in [5.74, 6) is -0.296. The van der Waals surface area contributed by atoms with Crippen LogP contribution < -0.4 is 9.80 Å². The summed E-state index contributed by atoms with van der Waals surface area (Å²) in [6.07, 6.45) is 2.18. The summed E-state index contributed by atoms with van der Waals surface area (Å²) < 4.78 is 26.9. The van der Waals surface area contributed by atoms with Crippen LogP contribution >= 0.6 is 0 Å². The molecule has 0 radical (unpaired) electrons. The van der Waals surface area contributed by atoms with Crippen LogP contribution in [0.15, 0.2) is 24.4 Å². The quantitative estimate of drug-likeness (QED) is 0.432. The lowest BCUT2D eigenvalue weighted by Crippen LogP contribution is -2.50. The van der Waals surface area contributed by atoms with Crippen LogP contribution in [0.25, 0.3) is 0 Å². The van der Waals surface area contributed by atoms with Crippen molar-refractivity contribution in [2.45, 2.75) is 57.8 Å². The van der Waals surface area contributed by atoms with Crippen molar-refractivity contribution in [3.63, 3.8) is 0 Å². The molecule has 0 aliphatic carbocycles. The van der Waals surface area contributed by atoms with Crippen LogP contribution in [-0.4, -0.2) is 97.3 Å². The molecule has 1 aromatic heterocycles. The Balaban J connectivity index is 1.56. The number of benzene rings is 1. The smallest absolute Gasteiger partial charge is 0.293 e. The van der Waals surface area contributed by atoms with Gasteiger partial charge in [0.25, 0.3) is 6.47 Å². The Morgan fingerprint density at radius 2 is 2.06 bits per heavy atom. The van der Waals surface area contributed by atoms with E-state index in [4.69, 9.17) is 9.47 Å². The summed E-state index contributed by atoms with van der Waals surface area (Å²) in [4.78, 5) is 16.9. The Morgan fingerprint density at radius 3 is 2.72 bits per heavy atom. The van der Waals surface area contributed by atoms with E-state index in [1.165, 1.54) is 6.07 Å². The third-order valence-electron chi connectivity index (χ3n) is 6.84. The monoisotopic (exact) mass is 506 g/mol. The zero-order valence-electron chi connectivity index (χ0n) is 22.0. The highest BCUT2D eigenvalue weighted by atomic mass is 19.1. The van der Waals surface area contributed by atoms with E-state index in [1.807, 2.05) is 45.1 Å². The van der Waals surface area contributed by atoms with E-state index in [1.54, 1.807) is 29.7 Å². The average Bonchev–Trinajstić information content (AvgIpc) is 3.26. The lowest BCUT2D eigenvalue weighted by molar-refractivity contribution is -0.204. The van der Waals surface area contributed by atoms with Gasteiger partial charge in [0.2, 0.25) is 0 Å². The van der Waals surface area contributed by atoms with Gasteiger partial charge in [-0.05, 0) is 38.6 Å². The zero-order valence-corrected chi connectivity index (χ0v) is 22.0. The van der Waals surface area contributed by atoms with Crippen molar-refractivity contribution in [3.8, 4) is 0 Å². The molecule has 200 valence electrons. The number of aromatic nitrogens is 3. The Hall–Kier alpha value is -2.76. The number of aliphatic hydroxyl groups is 1. The second-order valence-electron chi connectivity index (χ2n) is 9.93. The predicted octanol–water partition coefficient (Wildman–Crippen LogP) is 1.77. The number of ether oxygens (including phenoxy) is 2. The highest BCUT2D eigenvalue weighted by Crippen LogP contribution is 2.27. The van der Waals surface area contributed by atoms with Crippen molar-refractivity contribution in [2.24, 2.45) is 5.92 Å². The first-order chi connectivity index (χ1) is 17.1. The van der Waals surface area contributed by atoms with Gasteiger partial charge in [0.1, 0.15) is 11.9 Å². The van der Waals surface area contributed by atoms with E-state index in [0.717, 1.165) is 18.7 Å². The van der Waals surface area contributed by atoms with Gasteiger partial charge in [0, 0.05) is 58.0 Å². The van der Waals surface area contributed by atoms with Gasteiger partial charge in [-0.2, -0.15) is 0 Å². The Labute approximate surface area is 212 Å². The molecule has 36 heavy (non-hydrogen) atoms. The molecule has 0 spiro atoms. The topological polar surface area (TPSA) is 96.2 Å². The number of carbonyl (C=O) groups is 1. The predicted molar refractivity (Wildman–Crippen MR) is 135 cm³/mol. The third-order valence-corrected chi connectivity index (χ3v) is 6.84. The lowest BCUT2D eigenvalue weighted by atomic mass is 9.91. The molecule has 1 aliphatic rings. The SMILES string of the molecule is CC1CC(N(C)CCc2cn(CC(CN(C)c3ccc(N(C)C)c(F)c3)OC=O)nn2)C(C)C(O)O1. The van der Waals surface area contributed by atoms with Crippen LogP contribution in [0.2, 0.25) is 0 Å². The zero-order chi connectivity index (χ0) is 26.4. The largest absolute Gasteiger partial charge is 0.461 e. The fourth-order valence-corrected chi connectivity index (χ4v) is 4.68. The first kappa shape index (κ1) is 27.8. The standard InChI is InChI=1S/C25H39FN6O4/c1-17-11-24(18(2)25(34)36-17)30(5)10-9-19-13-32(28-27-19)15-21(35-16-33)14-31(6)20-7-8-23(29(3)4)22(26)12-20/h7-8,12-13,16-18,21,24-25,34H,9-11,14-15H2,1-6H3. The molecule has 2 aromatic rings. The van der Waals surface area contributed by atoms with E-state index < -0.39 is 12.4 Å². The molecule has 1 aromatic carbocycles. The lowest BCUT2D eigenvalue weighted by Gasteiger charge is -2.41. The number of nitrogens with zero attached hydrogens (tertiary/aromatic N) is 6. The molecule has 0 bridgehead atoms. The minimum absolute atomic E-state index is 0.0137. The van der Waals surface area contributed by atoms with Crippen molar-refractivity contribution in [3.05, 3.63) is 35.9 Å². The molecule has 3 rings (SSSR count). The molecule has 1 N–H and O–H groups in total. The summed E-state index contributed by atoms with van der Waals surface area (Å²) in [6.45, 7) is 5.85. The highest BCUT2D eigenvalue weighted by Gasteiger charge is 2.35. The number of halogens is 1. The normalized spacial score (nSPS) is 22.9. The van der Waals surface area contributed by atoms with Gasteiger partial charge >= 0.3 is 0 Å². The number of aliphatic hydroxyl groups excluding tert-OH is 1. The van der Waals surface area contributed by atoms with Crippen molar-refractivity contribution in [1.82, 2.24) is 19.9 Å². The summed E-state index contributed by atoms with van der Waals surface area (Å²) in [5, 5.41) is 18.6. The van der Waals surface area contributed by atoms with Crippen LogP contribution in [0, 0.1) is 11.7 Å². The van der Waals surface area contributed by atoms with Crippen molar-refractivity contribution < 1.29 is 23.8 Å². The Morgan fingerprint density at radius 1 is 1.31 bits per heavy atom. The fraction of sp³-hybridized carbons (Fsp3) is 0.640. The summed E-state index contributed by atoms with van der Waals surface area (Å²) in [6, 6.07) is 5.24. The maximum absolute atomic E-state index is 14.4. The molecule has 11 heteroatoms. The number of rotatable bonds is 12. The van der Waals surface area contributed by atoms with E-state index in [-0.39, 0.29) is 23.9 Å². The van der Waals surface area contributed by atoms with Crippen molar-refractivity contribution >= 4 is 17.8 Å². The average molecular weight is 507 g/mol. The molecule has 2 heterocycles. The fourth-order valence-electron chi connectivity index (χ4n) is 4.68.